The molecule has 1 aliphatic carbocycles. The first-order valence-electron chi connectivity index (χ1n) is 18.0. The van der Waals surface area contributed by atoms with Gasteiger partial charge in [-0.05, 0) is 74.2 Å². The van der Waals surface area contributed by atoms with Crippen molar-refractivity contribution in [2.75, 3.05) is 28.6 Å². The van der Waals surface area contributed by atoms with Crippen molar-refractivity contribution in [2.45, 2.75) is 41.8 Å². The molecule has 54 heavy (non-hydrogen) atoms. The minimum Gasteiger partial charge on any atom is -0.273 e. The molecule has 4 aromatic rings. The number of hydrazone groups is 1. The SMILES string of the molecule is O=C1C(CN2N=C3SCC(=O)N3N(CC3SC(=Nc4ccccc4)N(c4ccccc4)C3=O)C23CCCC3)SC(=Nc2ccccc2)N1c1ccccc1. The van der Waals surface area contributed by atoms with Crippen molar-refractivity contribution in [3.05, 3.63) is 121 Å². The molecule has 5 aliphatic rings. The van der Waals surface area contributed by atoms with E-state index >= 15 is 0 Å². The van der Waals surface area contributed by atoms with Gasteiger partial charge < -0.3 is 0 Å². The zero-order valence-corrected chi connectivity index (χ0v) is 31.6. The first-order valence-corrected chi connectivity index (χ1v) is 20.7. The molecule has 4 heterocycles. The quantitative estimate of drug-likeness (QED) is 0.184. The van der Waals surface area contributed by atoms with Gasteiger partial charge in [0.15, 0.2) is 10.3 Å². The molecule has 2 unspecified atom stereocenters. The Kier molecular flexibility index (Phi) is 9.51. The summed E-state index contributed by atoms with van der Waals surface area (Å²) in [6, 6.07) is 38.5. The summed E-state index contributed by atoms with van der Waals surface area (Å²) in [4.78, 5) is 55.9. The molecule has 14 heteroatoms. The highest BCUT2D eigenvalue weighted by atomic mass is 32.2. The number of amidine groups is 3. The third-order valence-corrected chi connectivity index (χ3v) is 13.2. The highest BCUT2D eigenvalue weighted by Gasteiger charge is 2.57. The predicted molar refractivity (Wildman–Crippen MR) is 219 cm³/mol. The monoisotopic (exact) mass is 772 g/mol. The minimum absolute atomic E-state index is 0.0583. The predicted octanol–water partition coefficient (Wildman–Crippen LogP) is 7.31. The summed E-state index contributed by atoms with van der Waals surface area (Å²) in [6.07, 6.45) is 3.32. The number of benzene rings is 4. The lowest BCUT2D eigenvalue weighted by Gasteiger charge is -2.53. The Bertz CT molecular complexity index is 2150. The number of rotatable bonds is 8. The fourth-order valence-corrected chi connectivity index (χ4v) is 10.7. The van der Waals surface area contributed by atoms with Gasteiger partial charge in [-0.3, -0.25) is 29.2 Å². The highest BCUT2D eigenvalue weighted by molar-refractivity contribution is 8.16. The van der Waals surface area contributed by atoms with Gasteiger partial charge in [-0.2, -0.15) is 5.01 Å². The maximum Gasteiger partial charge on any atom is 0.253 e. The van der Waals surface area contributed by atoms with Gasteiger partial charge >= 0.3 is 0 Å². The van der Waals surface area contributed by atoms with E-state index < -0.39 is 16.2 Å². The summed E-state index contributed by atoms with van der Waals surface area (Å²) in [5.74, 6) is 0.0391. The zero-order valence-electron chi connectivity index (χ0n) is 29.2. The number of nitrogens with zero attached hydrogens (tertiary/aromatic N) is 8. The van der Waals surface area contributed by atoms with Crippen LogP contribution in [0.3, 0.4) is 0 Å². The maximum absolute atomic E-state index is 14.5. The molecule has 11 nitrogen and oxygen atoms in total. The summed E-state index contributed by atoms with van der Waals surface area (Å²) in [6.45, 7) is 0.580. The number of hydrogen-bond donors (Lipinski definition) is 0. The van der Waals surface area contributed by atoms with Crippen molar-refractivity contribution < 1.29 is 14.4 Å². The largest absolute Gasteiger partial charge is 0.273 e. The highest BCUT2D eigenvalue weighted by Crippen LogP contribution is 2.47. The molecule has 2 atom stereocenters. The fraction of sp³-hybridized carbons (Fsp3) is 0.250. The molecule has 1 saturated carbocycles. The van der Waals surface area contributed by atoms with Crippen LogP contribution in [0.15, 0.2) is 136 Å². The summed E-state index contributed by atoms with van der Waals surface area (Å²) >= 11 is 4.26. The van der Waals surface area contributed by atoms with E-state index in [1.165, 1.54) is 35.3 Å². The summed E-state index contributed by atoms with van der Waals surface area (Å²) in [5.41, 5.74) is 2.31. The van der Waals surface area contributed by atoms with Crippen molar-refractivity contribution in [3.8, 4) is 0 Å². The Morgan fingerprint density at radius 2 is 1.09 bits per heavy atom. The van der Waals surface area contributed by atoms with E-state index in [9.17, 15) is 14.4 Å². The van der Waals surface area contributed by atoms with Gasteiger partial charge in [0.05, 0.1) is 35.0 Å². The van der Waals surface area contributed by atoms with Crippen LogP contribution in [-0.4, -0.2) is 83.3 Å². The van der Waals surface area contributed by atoms with Crippen LogP contribution in [-0.2, 0) is 14.4 Å². The van der Waals surface area contributed by atoms with Gasteiger partial charge in [-0.25, -0.2) is 15.0 Å². The van der Waals surface area contributed by atoms with Crippen molar-refractivity contribution in [2.24, 2.45) is 15.1 Å². The van der Waals surface area contributed by atoms with Crippen LogP contribution in [0.5, 0.6) is 0 Å². The maximum atomic E-state index is 14.5. The minimum atomic E-state index is -0.709. The Morgan fingerprint density at radius 3 is 1.59 bits per heavy atom. The van der Waals surface area contributed by atoms with Crippen LogP contribution in [0.2, 0.25) is 0 Å². The molecule has 1 spiro atoms. The second-order valence-corrected chi connectivity index (χ2v) is 16.7. The number of thioether (sulfide) groups is 3. The van der Waals surface area contributed by atoms with Crippen molar-refractivity contribution in [1.29, 1.82) is 0 Å². The molecule has 4 fully saturated rings. The molecule has 9 rings (SSSR count). The number of anilines is 2. The van der Waals surface area contributed by atoms with Crippen LogP contribution in [0.25, 0.3) is 0 Å². The lowest BCUT2D eigenvalue weighted by atomic mass is 10.1. The first kappa shape index (κ1) is 34.9. The number of fused-ring (bicyclic) bond motifs is 1. The number of carbonyl (C=O) groups excluding carboxylic acids is 3. The molecular weight excluding hydrogens is 737 g/mol. The number of aliphatic imine (C=N–C) groups is 2. The summed E-state index contributed by atoms with van der Waals surface area (Å²) < 4.78 is 0. The van der Waals surface area contributed by atoms with E-state index in [-0.39, 0.29) is 30.0 Å². The fourth-order valence-electron chi connectivity index (χ4n) is 7.59. The van der Waals surface area contributed by atoms with E-state index in [4.69, 9.17) is 15.1 Å². The van der Waals surface area contributed by atoms with Gasteiger partial charge in [0.1, 0.15) is 16.2 Å². The molecule has 0 aromatic heterocycles. The van der Waals surface area contributed by atoms with E-state index in [0.29, 0.717) is 22.0 Å². The second-order valence-electron chi connectivity index (χ2n) is 13.4. The van der Waals surface area contributed by atoms with Gasteiger partial charge in [-0.15, -0.1) is 5.10 Å². The molecule has 0 bridgehead atoms. The first-order chi connectivity index (χ1) is 26.5. The van der Waals surface area contributed by atoms with Crippen molar-refractivity contribution in [3.63, 3.8) is 0 Å². The molecule has 3 saturated heterocycles. The van der Waals surface area contributed by atoms with Gasteiger partial charge in [0.2, 0.25) is 17.0 Å². The van der Waals surface area contributed by atoms with Crippen molar-refractivity contribution >= 4 is 91.3 Å². The summed E-state index contributed by atoms with van der Waals surface area (Å²) in [7, 11) is 0. The van der Waals surface area contributed by atoms with E-state index in [1.807, 2.05) is 121 Å². The van der Waals surface area contributed by atoms with Crippen LogP contribution in [0.1, 0.15) is 25.7 Å². The van der Waals surface area contributed by atoms with Crippen molar-refractivity contribution in [1.82, 2.24) is 15.0 Å². The topological polar surface area (TPSA) is 104 Å². The average molecular weight is 773 g/mol. The van der Waals surface area contributed by atoms with Gasteiger partial charge in [0, 0.05) is 6.54 Å². The Labute approximate surface area is 326 Å². The van der Waals surface area contributed by atoms with E-state index in [0.717, 1.165) is 48.4 Å². The van der Waals surface area contributed by atoms with Crippen LogP contribution >= 0.6 is 35.3 Å². The number of amides is 3. The van der Waals surface area contributed by atoms with E-state index in [1.54, 1.807) is 14.8 Å². The standard InChI is InChI=1S/C40H36N8O3S3/c49-34-27-52-39-43-44(25-32-35(50)46(30-19-9-3-10-20-30)37(53-32)41-28-15-5-1-6-16-28)40(23-13-14-24-40)45(48(34)39)26-33-36(51)47(31-21-11-4-12-22-31)38(54-33)42-29-17-7-2-8-18-29/h1-12,15-22,32-33H,13-14,23-27H2. The third kappa shape index (κ3) is 6.40. The molecule has 272 valence electrons. The Balaban J connectivity index is 1.06. The number of hydrogen-bond acceptors (Lipinski definition) is 11. The Hall–Kier alpha value is -4.89. The van der Waals surface area contributed by atoms with Gasteiger partial charge in [0.25, 0.3) is 5.91 Å². The van der Waals surface area contributed by atoms with Crippen LogP contribution < -0.4 is 9.80 Å². The molecule has 0 N–H and O–H groups in total. The molecule has 4 aliphatic heterocycles. The lowest BCUT2D eigenvalue weighted by Crippen LogP contribution is -2.69. The zero-order chi connectivity index (χ0) is 36.6. The second kappa shape index (κ2) is 14.7. The van der Waals surface area contributed by atoms with E-state index in [2.05, 4.69) is 10.0 Å². The number of para-hydroxylation sites is 4. The lowest BCUT2D eigenvalue weighted by molar-refractivity contribution is -0.176. The third-order valence-electron chi connectivity index (χ3n) is 10.1. The van der Waals surface area contributed by atoms with Crippen LogP contribution in [0.4, 0.5) is 22.7 Å². The number of carbonyl (C=O) groups is 3. The molecule has 3 amide bonds. The molecule has 0 radical (unpaired) electrons. The normalized spacial score (nSPS) is 24.1. The Morgan fingerprint density at radius 1 is 0.630 bits per heavy atom. The summed E-state index contributed by atoms with van der Waals surface area (Å²) in [5, 5.41) is 11.7. The van der Waals surface area contributed by atoms with Gasteiger partial charge in [-0.1, -0.05) is 108 Å². The average Bonchev–Trinajstić information content (AvgIpc) is 3.98. The molecular formula is C40H36N8O3S3. The number of hydrazine groups is 1. The smallest absolute Gasteiger partial charge is 0.253 e. The molecule has 4 aromatic carbocycles. The van der Waals surface area contributed by atoms with Crippen LogP contribution in [0, 0.1) is 0 Å².